The van der Waals surface area contributed by atoms with Crippen molar-refractivity contribution in [2.75, 3.05) is 13.1 Å². The standard InChI is InChI=1S/C16H23NOS/c1-14(19-13-15-9-5-4-6-10-15)16(18)17-11-7-2-3-8-12-17/h4-6,9-10,14H,2-3,7-8,11-13H2,1H3/t14-/m0/s1. The number of amides is 1. The zero-order valence-electron chi connectivity index (χ0n) is 11.7. The Balaban J connectivity index is 1.81. The minimum atomic E-state index is 0.0679. The van der Waals surface area contributed by atoms with Crippen molar-refractivity contribution in [2.45, 2.75) is 43.6 Å². The quantitative estimate of drug-likeness (QED) is 0.836. The van der Waals surface area contributed by atoms with E-state index in [0.717, 1.165) is 18.8 Å². The summed E-state index contributed by atoms with van der Waals surface area (Å²) in [5.41, 5.74) is 1.29. The van der Waals surface area contributed by atoms with E-state index in [1.165, 1.54) is 31.2 Å². The van der Waals surface area contributed by atoms with Crippen LogP contribution in [0.4, 0.5) is 0 Å². The number of nitrogens with zero attached hydrogens (tertiary/aromatic N) is 1. The summed E-state index contributed by atoms with van der Waals surface area (Å²) in [4.78, 5) is 14.4. The molecule has 1 fully saturated rings. The second kappa shape index (κ2) is 7.59. The zero-order valence-corrected chi connectivity index (χ0v) is 12.5. The van der Waals surface area contributed by atoms with Crippen molar-refractivity contribution in [2.24, 2.45) is 0 Å². The molecule has 1 aromatic rings. The molecule has 3 heteroatoms. The van der Waals surface area contributed by atoms with Crippen LogP contribution in [0.5, 0.6) is 0 Å². The van der Waals surface area contributed by atoms with E-state index in [2.05, 4.69) is 29.2 Å². The van der Waals surface area contributed by atoms with E-state index in [1.807, 2.05) is 13.0 Å². The summed E-state index contributed by atoms with van der Waals surface area (Å²) in [6.07, 6.45) is 4.88. The van der Waals surface area contributed by atoms with Crippen LogP contribution in [0.2, 0.25) is 0 Å². The summed E-state index contributed by atoms with van der Waals surface area (Å²) >= 11 is 1.75. The molecule has 1 atom stereocenters. The highest BCUT2D eigenvalue weighted by atomic mass is 32.2. The van der Waals surface area contributed by atoms with Gasteiger partial charge in [0.1, 0.15) is 0 Å². The average molecular weight is 277 g/mol. The highest BCUT2D eigenvalue weighted by Crippen LogP contribution is 2.20. The van der Waals surface area contributed by atoms with Gasteiger partial charge < -0.3 is 4.90 Å². The molecule has 1 aromatic carbocycles. The Bertz CT molecular complexity index is 385. The molecular weight excluding hydrogens is 254 g/mol. The lowest BCUT2D eigenvalue weighted by atomic mass is 10.2. The highest BCUT2D eigenvalue weighted by Gasteiger charge is 2.21. The van der Waals surface area contributed by atoms with Gasteiger partial charge in [0.2, 0.25) is 5.91 Å². The van der Waals surface area contributed by atoms with Crippen LogP contribution in [0, 0.1) is 0 Å². The van der Waals surface area contributed by atoms with Crippen molar-refractivity contribution in [3.05, 3.63) is 35.9 Å². The number of rotatable bonds is 4. The monoisotopic (exact) mass is 277 g/mol. The minimum absolute atomic E-state index is 0.0679. The molecule has 0 radical (unpaired) electrons. The number of benzene rings is 1. The summed E-state index contributed by atoms with van der Waals surface area (Å²) < 4.78 is 0. The van der Waals surface area contributed by atoms with Crippen LogP contribution in [0.1, 0.15) is 38.2 Å². The number of likely N-dealkylation sites (tertiary alicyclic amines) is 1. The number of thioether (sulfide) groups is 1. The van der Waals surface area contributed by atoms with Gasteiger partial charge in [-0.25, -0.2) is 0 Å². The summed E-state index contributed by atoms with van der Waals surface area (Å²) in [6, 6.07) is 10.4. The van der Waals surface area contributed by atoms with Crippen LogP contribution < -0.4 is 0 Å². The van der Waals surface area contributed by atoms with E-state index in [4.69, 9.17) is 0 Å². The van der Waals surface area contributed by atoms with Crippen molar-refractivity contribution >= 4 is 17.7 Å². The first-order chi connectivity index (χ1) is 9.27. The molecule has 2 rings (SSSR count). The molecule has 0 aliphatic carbocycles. The maximum Gasteiger partial charge on any atom is 0.235 e. The van der Waals surface area contributed by atoms with Gasteiger partial charge in [0, 0.05) is 18.8 Å². The van der Waals surface area contributed by atoms with Crippen LogP contribution >= 0.6 is 11.8 Å². The number of carbonyl (C=O) groups excluding carboxylic acids is 1. The van der Waals surface area contributed by atoms with Gasteiger partial charge >= 0.3 is 0 Å². The molecule has 0 N–H and O–H groups in total. The molecule has 0 bridgehead atoms. The zero-order chi connectivity index (χ0) is 13.5. The van der Waals surface area contributed by atoms with Crippen molar-refractivity contribution in [1.82, 2.24) is 4.90 Å². The van der Waals surface area contributed by atoms with Crippen molar-refractivity contribution in [3.8, 4) is 0 Å². The normalized spacial score (nSPS) is 17.8. The topological polar surface area (TPSA) is 20.3 Å². The second-order valence-electron chi connectivity index (χ2n) is 5.18. The molecule has 1 amide bonds. The molecular formula is C16H23NOS. The molecule has 19 heavy (non-hydrogen) atoms. The van der Waals surface area contributed by atoms with E-state index >= 15 is 0 Å². The molecule has 0 aromatic heterocycles. The smallest absolute Gasteiger partial charge is 0.235 e. The summed E-state index contributed by atoms with van der Waals surface area (Å²) in [5.74, 6) is 1.24. The first-order valence-electron chi connectivity index (χ1n) is 7.21. The lowest BCUT2D eigenvalue weighted by molar-refractivity contribution is -0.130. The predicted octanol–water partition coefficient (Wildman–Crippen LogP) is 3.71. The lowest BCUT2D eigenvalue weighted by Gasteiger charge is -2.23. The molecule has 0 spiro atoms. The van der Waals surface area contributed by atoms with Crippen LogP contribution in [-0.4, -0.2) is 29.1 Å². The Morgan fingerprint density at radius 2 is 1.79 bits per heavy atom. The Hall–Kier alpha value is -0.960. The maximum atomic E-state index is 12.4. The van der Waals surface area contributed by atoms with E-state index in [0.29, 0.717) is 5.91 Å². The Morgan fingerprint density at radius 3 is 2.42 bits per heavy atom. The summed E-state index contributed by atoms with van der Waals surface area (Å²) in [5, 5.41) is 0.0679. The van der Waals surface area contributed by atoms with Gasteiger partial charge in [-0.05, 0) is 25.3 Å². The molecule has 1 aliphatic rings. The van der Waals surface area contributed by atoms with Crippen LogP contribution in [0.25, 0.3) is 0 Å². The minimum Gasteiger partial charge on any atom is -0.342 e. The molecule has 104 valence electrons. The number of hydrogen-bond acceptors (Lipinski definition) is 2. The van der Waals surface area contributed by atoms with E-state index in [1.54, 1.807) is 11.8 Å². The first kappa shape index (κ1) is 14.4. The molecule has 0 saturated carbocycles. The van der Waals surface area contributed by atoms with Gasteiger partial charge in [0.15, 0.2) is 0 Å². The van der Waals surface area contributed by atoms with Crippen LogP contribution in [0.3, 0.4) is 0 Å². The summed E-state index contributed by atoms with van der Waals surface area (Å²) in [6.45, 7) is 3.95. The number of hydrogen-bond donors (Lipinski definition) is 0. The summed E-state index contributed by atoms with van der Waals surface area (Å²) in [7, 11) is 0. The Morgan fingerprint density at radius 1 is 1.16 bits per heavy atom. The van der Waals surface area contributed by atoms with Crippen molar-refractivity contribution in [1.29, 1.82) is 0 Å². The highest BCUT2D eigenvalue weighted by molar-refractivity contribution is 7.99. The lowest BCUT2D eigenvalue weighted by Crippen LogP contribution is -2.37. The van der Waals surface area contributed by atoms with Gasteiger partial charge in [-0.2, -0.15) is 0 Å². The van der Waals surface area contributed by atoms with Crippen molar-refractivity contribution in [3.63, 3.8) is 0 Å². The number of carbonyl (C=O) groups is 1. The largest absolute Gasteiger partial charge is 0.342 e. The first-order valence-corrected chi connectivity index (χ1v) is 8.26. The van der Waals surface area contributed by atoms with Gasteiger partial charge in [0.05, 0.1) is 5.25 Å². The fourth-order valence-electron chi connectivity index (χ4n) is 2.41. The average Bonchev–Trinajstić information content (AvgIpc) is 2.74. The van der Waals surface area contributed by atoms with Gasteiger partial charge in [-0.15, -0.1) is 11.8 Å². The third-order valence-corrected chi connectivity index (χ3v) is 4.81. The van der Waals surface area contributed by atoms with Gasteiger partial charge in [0.25, 0.3) is 0 Å². The molecule has 0 unspecified atom stereocenters. The molecule has 1 heterocycles. The van der Waals surface area contributed by atoms with Gasteiger partial charge in [-0.3, -0.25) is 4.79 Å². The second-order valence-corrected chi connectivity index (χ2v) is 6.51. The Labute approximate surface area is 120 Å². The third kappa shape index (κ3) is 4.57. The fourth-order valence-corrected chi connectivity index (χ4v) is 3.34. The van der Waals surface area contributed by atoms with Crippen LogP contribution in [-0.2, 0) is 10.5 Å². The Kier molecular flexibility index (Phi) is 5.77. The third-order valence-electron chi connectivity index (χ3n) is 3.61. The van der Waals surface area contributed by atoms with Crippen LogP contribution in [0.15, 0.2) is 30.3 Å². The molecule has 1 saturated heterocycles. The molecule has 1 aliphatic heterocycles. The van der Waals surface area contributed by atoms with E-state index < -0.39 is 0 Å². The van der Waals surface area contributed by atoms with Gasteiger partial charge in [-0.1, -0.05) is 43.2 Å². The predicted molar refractivity (Wildman–Crippen MR) is 82.2 cm³/mol. The SMILES string of the molecule is C[C@H](SCc1ccccc1)C(=O)N1CCCCCC1. The fraction of sp³-hybridized carbons (Fsp3) is 0.562. The maximum absolute atomic E-state index is 12.4. The van der Waals surface area contributed by atoms with E-state index in [9.17, 15) is 4.79 Å². The van der Waals surface area contributed by atoms with Crippen molar-refractivity contribution < 1.29 is 4.79 Å². The van der Waals surface area contributed by atoms with E-state index in [-0.39, 0.29) is 5.25 Å². The molecule has 2 nitrogen and oxygen atoms in total.